The topological polar surface area (TPSA) is 58.9 Å². The summed E-state index contributed by atoms with van der Waals surface area (Å²) in [5.74, 6) is 0.986. The predicted molar refractivity (Wildman–Crippen MR) is 56.9 cm³/mol. The second-order valence-corrected chi connectivity index (χ2v) is 6.05. The van der Waals surface area contributed by atoms with Crippen LogP contribution < -0.4 is 0 Å². The van der Waals surface area contributed by atoms with Crippen LogP contribution in [0.1, 0.15) is 6.42 Å². The van der Waals surface area contributed by atoms with Crippen molar-refractivity contribution in [1.82, 2.24) is 0 Å². The molecule has 0 saturated carbocycles. The summed E-state index contributed by atoms with van der Waals surface area (Å²) in [6.45, 7) is 2.60. The third-order valence-electron chi connectivity index (χ3n) is 1.59. The molecule has 2 rings (SSSR count). The van der Waals surface area contributed by atoms with Crippen LogP contribution in [0.25, 0.3) is 0 Å². The maximum atomic E-state index is 9.77. The Kier molecular flexibility index (Phi) is 3.29. The predicted octanol–water partition coefficient (Wildman–Crippen LogP) is 1.78. The van der Waals surface area contributed by atoms with Crippen molar-refractivity contribution < 1.29 is 14.2 Å². The van der Waals surface area contributed by atoms with Crippen molar-refractivity contribution in [1.29, 1.82) is 0 Å². The number of allylic oxidation sites excluding steroid dienone is 2. The summed E-state index contributed by atoms with van der Waals surface area (Å²) >= 11 is 0. The van der Waals surface area contributed by atoms with Gasteiger partial charge >= 0.3 is 0 Å². The van der Waals surface area contributed by atoms with Crippen molar-refractivity contribution in [2.24, 2.45) is 4.99 Å². The van der Waals surface area contributed by atoms with Crippen molar-refractivity contribution in [3.05, 3.63) is 23.1 Å². The van der Waals surface area contributed by atoms with E-state index in [0.717, 1.165) is 17.9 Å². The van der Waals surface area contributed by atoms with E-state index in [1.54, 1.807) is 7.11 Å². The first-order valence-electron chi connectivity index (χ1n) is 4.19. The minimum Gasteiger partial charge on any atom is -0.496 e. The lowest BCUT2D eigenvalue weighted by Crippen LogP contribution is -1.86. The largest absolute Gasteiger partial charge is 0.496 e. The molecule has 0 atom stereocenters. The molecule has 0 aromatic heterocycles. The Morgan fingerprint density at radius 2 is 2.14 bits per heavy atom. The van der Waals surface area contributed by atoms with Gasteiger partial charge in [-0.15, -0.1) is 0 Å². The molecule has 1 aliphatic heterocycles. The van der Waals surface area contributed by atoms with E-state index >= 15 is 0 Å². The first-order valence-corrected chi connectivity index (χ1v) is 6.75. The Balaban J connectivity index is 0.000000171. The molecule has 0 aromatic rings. The fourth-order valence-corrected chi connectivity index (χ4v) is 1.12. The van der Waals surface area contributed by atoms with E-state index in [-0.39, 0.29) is 0 Å². The van der Waals surface area contributed by atoms with Crippen LogP contribution in [0.15, 0.2) is 28.1 Å². The minimum absolute atomic E-state index is 0.975. The molecule has 4 nitrogen and oxygen atoms in total. The zero-order valence-corrected chi connectivity index (χ0v) is 9.41. The summed E-state index contributed by atoms with van der Waals surface area (Å²) in [5, 5.41) is 0. The Bertz CT molecular complexity index is 354. The molecule has 0 amide bonds. The van der Waals surface area contributed by atoms with Crippen LogP contribution in [-0.4, -0.2) is 31.5 Å². The van der Waals surface area contributed by atoms with Crippen LogP contribution in [-0.2, 0) is 9.30 Å². The van der Waals surface area contributed by atoms with Gasteiger partial charge in [0.25, 0.3) is 0 Å². The third-order valence-corrected chi connectivity index (χ3v) is 1.59. The highest BCUT2D eigenvalue weighted by Crippen LogP contribution is 2.30. The Morgan fingerprint density at radius 3 is 2.36 bits per heavy atom. The van der Waals surface area contributed by atoms with E-state index in [1.807, 2.05) is 12.3 Å². The van der Waals surface area contributed by atoms with Crippen molar-refractivity contribution in [3.8, 4) is 0 Å². The molecule has 0 unspecified atom stereocenters. The van der Waals surface area contributed by atoms with Crippen molar-refractivity contribution in [2.45, 2.75) is 6.42 Å². The Morgan fingerprint density at radius 1 is 1.57 bits per heavy atom. The lowest BCUT2D eigenvalue weighted by Gasteiger charge is -1.98. The van der Waals surface area contributed by atoms with Crippen LogP contribution in [0, 0.1) is 0 Å². The first-order chi connectivity index (χ1) is 6.40. The molecule has 1 heterocycles. The highest BCUT2D eigenvalue weighted by molar-refractivity contribution is 7.56. The second kappa shape index (κ2) is 4.11. The molecule has 0 radical (unpaired) electrons. The monoisotopic (exact) mass is 215 g/mol. The summed E-state index contributed by atoms with van der Waals surface area (Å²) < 4.78 is 14.8. The van der Waals surface area contributed by atoms with Crippen LogP contribution >= 0.6 is 7.37 Å². The first kappa shape index (κ1) is 11.2. The molecule has 78 valence electrons. The number of hydrogen-bond donors (Lipinski definition) is 1. The van der Waals surface area contributed by atoms with E-state index in [4.69, 9.17) is 9.63 Å². The van der Waals surface area contributed by atoms with Crippen molar-refractivity contribution in [3.63, 3.8) is 0 Å². The van der Waals surface area contributed by atoms with Gasteiger partial charge in [-0.05, 0) is 0 Å². The minimum atomic E-state index is -2.64. The van der Waals surface area contributed by atoms with E-state index in [1.165, 1.54) is 18.9 Å². The van der Waals surface area contributed by atoms with Gasteiger partial charge in [0, 0.05) is 43.3 Å². The molecular formula is C9H14NO3P. The average molecular weight is 215 g/mol. The number of aliphatic imine (C=N–C) groups is 1. The summed E-state index contributed by atoms with van der Waals surface area (Å²) in [4.78, 5) is 12.2. The Labute approximate surface area is 83.5 Å². The van der Waals surface area contributed by atoms with E-state index in [9.17, 15) is 4.57 Å². The highest BCUT2D eigenvalue weighted by Gasteiger charge is 2.18. The lowest BCUT2D eigenvalue weighted by molar-refractivity contribution is 0.305. The highest BCUT2D eigenvalue weighted by atomic mass is 31.2. The molecule has 5 heteroatoms. The second-order valence-electron chi connectivity index (χ2n) is 3.46. The summed E-state index contributed by atoms with van der Waals surface area (Å²) in [7, 11) is -0.950. The average Bonchev–Trinajstić information content (AvgIpc) is 2.60. The van der Waals surface area contributed by atoms with Crippen LogP contribution in [0.3, 0.4) is 0 Å². The molecule has 0 aromatic carbocycles. The maximum Gasteiger partial charge on any atom is 0.194 e. The molecule has 2 aliphatic rings. The van der Waals surface area contributed by atoms with E-state index in [2.05, 4.69) is 4.99 Å². The zero-order chi connectivity index (χ0) is 10.8. The summed E-state index contributed by atoms with van der Waals surface area (Å²) in [6.07, 6.45) is 4.83. The number of ether oxygens (including phenoxy) is 1. The maximum absolute atomic E-state index is 9.77. The van der Waals surface area contributed by atoms with Gasteiger partial charge in [-0.3, -0.25) is 9.56 Å². The fraction of sp³-hybridized carbons (Fsp3) is 0.444. The number of rotatable bonds is 1. The normalized spacial score (nSPS) is 17.9. The number of nitrogens with zero attached hydrogens (tertiary/aromatic N) is 1. The number of methoxy groups -OCH3 is 1. The molecule has 2 bridgehead atoms. The fourth-order valence-electron chi connectivity index (χ4n) is 1.12. The molecule has 1 aliphatic carbocycles. The smallest absolute Gasteiger partial charge is 0.194 e. The standard InChI is InChI=1S/C7H7NO.C2H7O2P/c1-9-7-3-6-2-5(7)4-8-6;1-5(2,3)4/h3-4H,2H2,1H3;1-2H3,(H,3,4). The quantitative estimate of drug-likeness (QED) is 0.678. The third kappa shape index (κ3) is 3.48. The van der Waals surface area contributed by atoms with Crippen LogP contribution in [0.4, 0.5) is 0 Å². The van der Waals surface area contributed by atoms with Crippen LogP contribution in [0.5, 0.6) is 0 Å². The van der Waals surface area contributed by atoms with Gasteiger partial charge in [-0.25, -0.2) is 0 Å². The van der Waals surface area contributed by atoms with Gasteiger partial charge in [0.2, 0.25) is 0 Å². The SMILES string of the molecule is COC1=C2C=NC(=C1)C2.CP(C)(=O)O. The van der Waals surface area contributed by atoms with E-state index in [0.29, 0.717) is 0 Å². The van der Waals surface area contributed by atoms with Crippen molar-refractivity contribution in [2.75, 3.05) is 20.4 Å². The summed E-state index contributed by atoms with van der Waals surface area (Å²) in [5.41, 5.74) is 2.34. The Hall–Kier alpha value is -0.860. The molecule has 0 fully saturated rings. The van der Waals surface area contributed by atoms with Gasteiger partial charge in [0.15, 0.2) is 7.37 Å². The van der Waals surface area contributed by atoms with Gasteiger partial charge in [-0.1, -0.05) is 0 Å². The molecule has 0 saturated heterocycles. The van der Waals surface area contributed by atoms with E-state index < -0.39 is 7.37 Å². The van der Waals surface area contributed by atoms with Crippen molar-refractivity contribution >= 4 is 13.6 Å². The zero-order valence-electron chi connectivity index (χ0n) is 8.52. The number of hydrogen-bond acceptors (Lipinski definition) is 3. The van der Waals surface area contributed by atoms with Gasteiger partial charge < -0.3 is 9.63 Å². The van der Waals surface area contributed by atoms with Gasteiger partial charge in [0.1, 0.15) is 5.76 Å². The summed E-state index contributed by atoms with van der Waals surface area (Å²) in [6, 6.07) is 0. The van der Waals surface area contributed by atoms with Crippen LogP contribution in [0.2, 0.25) is 0 Å². The molecule has 1 N–H and O–H groups in total. The molecule has 0 spiro atoms. The van der Waals surface area contributed by atoms with Gasteiger partial charge in [-0.2, -0.15) is 0 Å². The number of fused-ring (bicyclic) bond motifs is 2. The van der Waals surface area contributed by atoms with Gasteiger partial charge in [0.05, 0.1) is 7.11 Å². The lowest BCUT2D eigenvalue weighted by atomic mass is 10.3. The molecular weight excluding hydrogens is 201 g/mol. The molecule has 14 heavy (non-hydrogen) atoms.